The topological polar surface area (TPSA) is 60.2 Å². The largest absolute Gasteiger partial charge is 0.428 e. The summed E-state index contributed by atoms with van der Waals surface area (Å²) in [6, 6.07) is 10.3. The zero-order chi connectivity index (χ0) is 17.2. The highest BCUT2D eigenvalue weighted by Gasteiger charge is 2.28. The van der Waals surface area contributed by atoms with Crippen LogP contribution in [-0.4, -0.2) is 19.2 Å². The van der Waals surface area contributed by atoms with Gasteiger partial charge in [-0.1, -0.05) is 40.7 Å². The molecule has 0 saturated carbocycles. The molecular weight excluding hydrogens is 430 g/mol. The van der Waals surface area contributed by atoms with Crippen LogP contribution >= 0.6 is 39.0 Å². The summed E-state index contributed by atoms with van der Waals surface area (Å²) >= 11 is 6.16. The highest BCUT2D eigenvalue weighted by atomic mass is 79.9. The third-order valence-electron chi connectivity index (χ3n) is 3.11. The normalized spacial score (nSPS) is 11.8. The van der Waals surface area contributed by atoms with Gasteiger partial charge in [-0.3, -0.25) is 0 Å². The van der Waals surface area contributed by atoms with Gasteiger partial charge in [-0.05, 0) is 42.1 Å². The lowest BCUT2D eigenvalue weighted by atomic mass is 10.4. The lowest BCUT2D eigenvalue weighted by molar-refractivity contribution is 0.471. The quantitative estimate of drug-likeness (QED) is 0.470. The average Bonchev–Trinajstić information content (AvgIpc) is 3.22. The number of hydrogen-bond donors (Lipinski definition) is 0. The molecule has 8 heteroatoms. The standard InChI is InChI=1S/C16H14BrNO3S3/c1-2-9-23-16-15(18-14(21-16)13-4-3-10-22-13)24(19,20)12-7-5-11(17)6-8-12/h3-8,10H,2,9H2,1H3. The number of sulfone groups is 1. The Hall–Kier alpha value is -1.09. The molecule has 0 bridgehead atoms. The van der Waals surface area contributed by atoms with Gasteiger partial charge in [0.05, 0.1) is 9.77 Å². The molecule has 0 spiro atoms. The van der Waals surface area contributed by atoms with Gasteiger partial charge in [-0.2, -0.15) is 4.98 Å². The molecule has 0 fully saturated rings. The van der Waals surface area contributed by atoms with Crippen molar-refractivity contribution in [2.24, 2.45) is 0 Å². The zero-order valence-corrected chi connectivity index (χ0v) is 16.8. The van der Waals surface area contributed by atoms with E-state index < -0.39 is 9.84 Å². The molecule has 3 aromatic rings. The van der Waals surface area contributed by atoms with Crippen LogP contribution in [0.25, 0.3) is 10.8 Å². The predicted molar refractivity (Wildman–Crippen MR) is 100 cm³/mol. The second-order valence-electron chi connectivity index (χ2n) is 4.89. The van der Waals surface area contributed by atoms with Crippen LogP contribution in [-0.2, 0) is 9.84 Å². The minimum absolute atomic E-state index is 0.00771. The number of hydrogen-bond acceptors (Lipinski definition) is 6. The molecule has 0 atom stereocenters. The number of aromatic nitrogens is 1. The van der Waals surface area contributed by atoms with Crippen molar-refractivity contribution in [3.8, 4) is 10.8 Å². The summed E-state index contributed by atoms with van der Waals surface area (Å²) in [5.74, 6) is 1.11. The van der Waals surface area contributed by atoms with Gasteiger partial charge in [-0.15, -0.1) is 11.3 Å². The maximum absolute atomic E-state index is 13.0. The van der Waals surface area contributed by atoms with Crippen molar-refractivity contribution in [3.05, 3.63) is 46.3 Å². The summed E-state index contributed by atoms with van der Waals surface area (Å²) in [7, 11) is -3.73. The van der Waals surface area contributed by atoms with E-state index in [0.717, 1.165) is 21.5 Å². The fraction of sp³-hybridized carbons (Fsp3) is 0.188. The molecule has 0 unspecified atom stereocenters. The van der Waals surface area contributed by atoms with E-state index in [2.05, 4.69) is 20.9 Å². The Balaban J connectivity index is 2.09. The van der Waals surface area contributed by atoms with Crippen molar-refractivity contribution < 1.29 is 12.8 Å². The van der Waals surface area contributed by atoms with E-state index in [1.54, 1.807) is 24.3 Å². The molecule has 0 aliphatic rings. The van der Waals surface area contributed by atoms with Crippen molar-refractivity contribution in [2.75, 3.05) is 5.75 Å². The summed E-state index contributed by atoms with van der Waals surface area (Å²) in [6.45, 7) is 2.03. The smallest absolute Gasteiger partial charge is 0.238 e. The van der Waals surface area contributed by atoms with Crippen LogP contribution in [0, 0.1) is 0 Å². The highest BCUT2D eigenvalue weighted by molar-refractivity contribution is 9.10. The molecule has 126 valence electrons. The van der Waals surface area contributed by atoms with Gasteiger partial charge < -0.3 is 4.42 Å². The first kappa shape index (κ1) is 17.7. The number of benzene rings is 1. The summed E-state index contributed by atoms with van der Waals surface area (Å²) in [5, 5.41) is 2.25. The van der Waals surface area contributed by atoms with Crippen LogP contribution < -0.4 is 0 Å². The molecule has 0 aliphatic carbocycles. The average molecular weight is 444 g/mol. The van der Waals surface area contributed by atoms with Crippen LogP contribution in [0.5, 0.6) is 0 Å². The summed E-state index contributed by atoms with van der Waals surface area (Å²) in [6.07, 6.45) is 0.914. The zero-order valence-electron chi connectivity index (χ0n) is 12.7. The van der Waals surface area contributed by atoms with Crippen molar-refractivity contribution in [3.63, 3.8) is 0 Å². The van der Waals surface area contributed by atoms with Crippen LogP contribution in [0.4, 0.5) is 0 Å². The molecule has 1 aromatic carbocycles. The van der Waals surface area contributed by atoms with Crippen molar-refractivity contribution in [2.45, 2.75) is 28.4 Å². The van der Waals surface area contributed by atoms with Gasteiger partial charge in [0.2, 0.25) is 25.8 Å². The van der Waals surface area contributed by atoms with Gasteiger partial charge in [-0.25, -0.2) is 8.42 Å². The Kier molecular flexibility index (Phi) is 5.49. The van der Waals surface area contributed by atoms with E-state index >= 15 is 0 Å². The molecule has 0 saturated heterocycles. The van der Waals surface area contributed by atoms with E-state index in [1.807, 2.05) is 24.4 Å². The van der Waals surface area contributed by atoms with E-state index in [9.17, 15) is 8.42 Å². The SMILES string of the molecule is CCCSc1oc(-c2cccs2)nc1S(=O)(=O)c1ccc(Br)cc1. The van der Waals surface area contributed by atoms with E-state index in [-0.39, 0.29) is 9.92 Å². The molecule has 3 rings (SSSR count). The Bertz CT molecular complexity index is 916. The molecule has 0 N–H and O–H groups in total. The second kappa shape index (κ2) is 7.43. The van der Waals surface area contributed by atoms with Crippen molar-refractivity contribution >= 4 is 48.9 Å². The molecule has 4 nitrogen and oxygen atoms in total. The van der Waals surface area contributed by atoms with Crippen LogP contribution in [0.2, 0.25) is 0 Å². The summed E-state index contributed by atoms with van der Waals surface area (Å²) in [5.41, 5.74) is 0. The van der Waals surface area contributed by atoms with Gasteiger partial charge in [0.15, 0.2) is 0 Å². The van der Waals surface area contributed by atoms with Crippen molar-refractivity contribution in [1.82, 2.24) is 4.98 Å². The van der Waals surface area contributed by atoms with Gasteiger partial charge >= 0.3 is 0 Å². The maximum atomic E-state index is 13.0. The molecule has 0 aliphatic heterocycles. The third-order valence-corrected chi connectivity index (χ3v) is 7.46. The molecule has 0 amide bonds. The van der Waals surface area contributed by atoms with Crippen LogP contribution in [0.3, 0.4) is 0 Å². The molecule has 24 heavy (non-hydrogen) atoms. The summed E-state index contributed by atoms with van der Waals surface area (Å²) in [4.78, 5) is 5.31. The van der Waals surface area contributed by atoms with Crippen LogP contribution in [0.1, 0.15) is 13.3 Å². The van der Waals surface area contributed by atoms with E-state index in [0.29, 0.717) is 11.0 Å². The fourth-order valence-corrected chi connectivity index (χ4v) is 5.28. The van der Waals surface area contributed by atoms with Gasteiger partial charge in [0.25, 0.3) is 0 Å². The lowest BCUT2D eigenvalue weighted by Gasteiger charge is -2.03. The molecule has 2 heterocycles. The first-order valence-electron chi connectivity index (χ1n) is 7.20. The van der Waals surface area contributed by atoms with E-state index in [1.165, 1.54) is 23.1 Å². The number of thiophene rings is 1. The Morgan fingerprint density at radius 2 is 2.00 bits per heavy atom. The Labute approximate surface area is 157 Å². The highest BCUT2D eigenvalue weighted by Crippen LogP contribution is 2.36. The van der Waals surface area contributed by atoms with E-state index in [4.69, 9.17) is 4.42 Å². The predicted octanol–water partition coefficient (Wildman–Crippen LogP) is 5.50. The third kappa shape index (κ3) is 3.61. The first-order chi connectivity index (χ1) is 11.5. The van der Waals surface area contributed by atoms with Crippen molar-refractivity contribution in [1.29, 1.82) is 0 Å². The maximum Gasteiger partial charge on any atom is 0.238 e. The van der Waals surface area contributed by atoms with Crippen LogP contribution in [0.15, 0.2) is 65.7 Å². The number of thioether (sulfide) groups is 1. The molecule has 0 radical (unpaired) electrons. The monoisotopic (exact) mass is 443 g/mol. The number of nitrogens with zero attached hydrogens (tertiary/aromatic N) is 1. The minimum Gasteiger partial charge on any atom is -0.428 e. The lowest BCUT2D eigenvalue weighted by Crippen LogP contribution is -2.04. The van der Waals surface area contributed by atoms with Gasteiger partial charge in [0.1, 0.15) is 0 Å². The fourth-order valence-electron chi connectivity index (χ4n) is 1.98. The summed E-state index contributed by atoms with van der Waals surface area (Å²) < 4.78 is 32.5. The first-order valence-corrected chi connectivity index (χ1v) is 11.3. The Morgan fingerprint density at radius 1 is 1.25 bits per heavy atom. The second-order valence-corrected chi connectivity index (χ2v) is 9.69. The molecular formula is C16H14BrNO3S3. The number of halogens is 1. The Morgan fingerprint density at radius 3 is 2.62 bits per heavy atom. The van der Waals surface area contributed by atoms with Gasteiger partial charge in [0, 0.05) is 10.2 Å². The minimum atomic E-state index is -3.73. The number of oxazole rings is 1. The number of rotatable bonds is 6. The molecule has 2 aromatic heterocycles.